The van der Waals surface area contributed by atoms with Gasteiger partial charge in [0.1, 0.15) is 0 Å². The number of hydrogen-bond acceptors (Lipinski definition) is 3. The first-order valence-electron chi connectivity index (χ1n) is 5.34. The number of carbonyl (C=O) groups excluding carboxylic acids is 1. The number of primary amides is 1. The van der Waals surface area contributed by atoms with E-state index in [0.29, 0.717) is 6.54 Å². The molecule has 0 aromatic rings. The summed E-state index contributed by atoms with van der Waals surface area (Å²) in [4.78, 5) is 15.4. The minimum atomic E-state index is -0.197. The van der Waals surface area contributed by atoms with Crippen molar-refractivity contribution in [1.82, 2.24) is 9.80 Å². The van der Waals surface area contributed by atoms with E-state index in [9.17, 15) is 4.79 Å². The molecule has 80 valence electrons. The lowest BCUT2D eigenvalue weighted by molar-refractivity contribution is -0.118. The summed E-state index contributed by atoms with van der Waals surface area (Å²) in [6, 6.07) is 0. The Balaban J connectivity index is 1.89. The van der Waals surface area contributed by atoms with E-state index in [1.807, 2.05) is 0 Å². The van der Waals surface area contributed by atoms with Gasteiger partial charge < -0.3 is 10.6 Å². The van der Waals surface area contributed by atoms with Crippen LogP contribution in [0.3, 0.4) is 0 Å². The van der Waals surface area contributed by atoms with E-state index < -0.39 is 0 Å². The van der Waals surface area contributed by atoms with Crippen molar-refractivity contribution in [2.24, 2.45) is 17.6 Å². The Hall–Kier alpha value is -0.610. The maximum Gasteiger partial charge on any atom is 0.231 e. The Morgan fingerprint density at radius 1 is 1.36 bits per heavy atom. The van der Waals surface area contributed by atoms with Crippen LogP contribution in [-0.4, -0.2) is 55.5 Å². The molecule has 0 saturated carbocycles. The second-order valence-corrected chi connectivity index (χ2v) is 4.73. The zero-order chi connectivity index (χ0) is 10.1. The number of hydrogen-bond donors (Lipinski definition) is 1. The molecule has 14 heavy (non-hydrogen) atoms. The molecule has 4 nitrogen and oxygen atoms in total. The molecule has 0 aromatic heterocycles. The predicted octanol–water partition coefficient (Wildman–Crippen LogP) is -0.645. The topological polar surface area (TPSA) is 49.6 Å². The third kappa shape index (κ3) is 2.07. The van der Waals surface area contributed by atoms with E-state index in [-0.39, 0.29) is 5.91 Å². The van der Waals surface area contributed by atoms with Crippen LogP contribution in [0.25, 0.3) is 0 Å². The summed E-state index contributed by atoms with van der Waals surface area (Å²) in [5.74, 6) is 1.36. The smallest absolute Gasteiger partial charge is 0.231 e. The number of nitrogens with two attached hydrogens (primary N) is 1. The fourth-order valence-electron chi connectivity index (χ4n) is 2.80. The Bertz CT molecular complexity index is 231. The lowest BCUT2D eigenvalue weighted by atomic mass is 9.89. The summed E-state index contributed by atoms with van der Waals surface area (Å²) in [6.07, 6.45) is 1.27. The maximum absolute atomic E-state index is 10.8. The highest BCUT2D eigenvalue weighted by Gasteiger charge is 2.36. The molecule has 2 saturated heterocycles. The predicted molar refractivity (Wildman–Crippen MR) is 54.7 cm³/mol. The summed E-state index contributed by atoms with van der Waals surface area (Å²) >= 11 is 0. The Morgan fingerprint density at radius 2 is 2.07 bits per heavy atom. The van der Waals surface area contributed by atoms with Crippen molar-refractivity contribution in [3.63, 3.8) is 0 Å². The van der Waals surface area contributed by atoms with Gasteiger partial charge in [-0.05, 0) is 31.8 Å². The molecule has 2 N–H and O–H groups in total. The van der Waals surface area contributed by atoms with Crippen molar-refractivity contribution in [2.45, 2.75) is 6.42 Å². The summed E-state index contributed by atoms with van der Waals surface area (Å²) in [7, 11) is 2.17. The van der Waals surface area contributed by atoms with Crippen molar-refractivity contribution in [3.05, 3.63) is 0 Å². The molecule has 2 rings (SSSR count). The zero-order valence-corrected chi connectivity index (χ0v) is 8.78. The van der Waals surface area contributed by atoms with Gasteiger partial charge in [-0.15, -0.1) is 0 Å². The lowest BCUT2D eigenvalue weighted by Crippen LogP contribution is -2.37. The van der Waals surface area contributed by atoms with Crippen LogP contribution in [0.5, 0.6) is 0 Å². The average molecular weight is 197 g/mol. The van der Waals surface area contributed by atoms with E-state index in [0.717, 1.165) is 24.9 Å². The second-order valence-electron chi connectivity index (χ2n) is 4.73. The molecule has 0 radical (unpaired) electrons. The number of rotatable bonds is 2. The van der Waals surface area contributed by atoms with Crippen molar-refractivity contribution >= 4 is 5.91 Å². The van der Waals surface area contributed by atoms with Crippen LogP contribution in [0.4, 0.5) is 0 Å². The number of likely N-dealkylation sites (tertiary alicyclic amines) is 2. The standard InChI is InChI=1S/C10H19N3O/c1-12-3-2-8-5-13(7-10(11)14)6-9(8)4-12/h8-9H,2-7H2,1H3,(H2,11,14). The van der Waals surface area contributed by atoms with Gasteiger partial charge in [0.25, 0.3) is 0 Å². The van der Waals surface area contributed by atoms with Gasteiger partial charge in [0.2, 0.25) is 5.91 Å². The zero-order valence-electron chi connectivity index (χ0n) is 8.78. The second kappa shape index (κ2) is 3.87. The molecule has 0 aromatic carbocycles. The molecular formula is C10H19N3O. The molecule has 2 atom stereocenters. The van der Waals surface area contributed by atoms with Crippen LogP contribution in [0.1, 0.15) is 6.42 Å². The number of nitrogens with zero attached hydrogens (tertiary/aromatic N) is 2. The Morgan fingerprint density at radius 3 is 2.79 bits per heavy atom. The first-order chi connectivity index (χ1) is 6.65. The minimum absolute atomic E-state index is 0.197. The quantitative estimate of drug-likeness (QED) is 0.640. The van der Waals surface area contributed by atoms with Crippen LogP contribution in [0, 0.1) is 11.8 Å². The number of piperidine rings is 1. The first-order valence-corrected chi connectivity index (χ1v) is 5.34. The molecule has 2 aliphatic heterocycles. The number of fused-ring (bicyclic) bond motifs is 1. The van der Waals surface area contributed by atoms with Crippen LogP contribution in [0.15, 0.2) is 0 Å². The minimum Gasteiger partial charge on any atom is -0.369 e. The fourth-order valence-corrected chi connectivity index (χ4v) is 2.80. The van der Waals surface area contributed by atoms with Crippen molar-refractivity contribution < 1.29 is 4.79 Å². The van der Waals surface area contributed by atoms with Gasteiger partial charge in [-0.3, -0.25) is 9.69 Å². The van der Waals surface area contributed by atoms with Crippen LogP contribution in [-0.2, 0) is 4.79 Å². The largest absolute Gasteiger partial charge is 0.369 e. The van der Waals surface area contributed by atoms with E-state index in [4.69, 9.17) is 5.73 Å². The highest BCUT2D eigenvalue weighted by Crippen LogP contribution is 2.30. The van der Waals surface area contributed by atoms with Gasteiger partial charge in [0.15, 0.2) is 0 Å². The van der Waals surface area contributed by atoms with Gasteiger partial charge in [-0.2, -0.15) is 0 Å². The molecule has 2 heterocycles. The van der Waals surface area contributed by atoms with Crippen LogP contribution < -0.4 is 5.73 Å². The number of amides is 1. The van der Waals surface area contributed by atoms with Gasteiger partial charge in [-0.25, -0.2) is 0 Å². The summed E-state index contributed by atoms with van der Waals surface area (Å²) < 4.78 is 0. The summed E-state index contributed by atoms with van der Waals surface area (Å²) in [5.41, 5.74) is 5.20. The summed E-state index contributed by atoms with van der Waals surface area (Å²) in [5, 5.41) is 0. The van der Waals surface area contributed by atoms with Crippen molar-refractivity contribution in [2.75, 3.05) is 39.8 Å². The molecule has 0 bridgehead atoms. The van der Waals surface area contributed by atoms with Gasteiger partial charge in [0, 0.05) is 19.6 Å². The monoisotopic (exact) mass is 197 g/mol. The maximum atomic E-state index is 10.8. The highest BCUT2D eigenvalue weighted by molar-refractivity contribution is 5.75. The Labute approximate surface area is 85.0 Å². The lowest BCUT2D eigenvalue weighted by Gasteiger charge is -2.31. The van der Waals surface area contributed by atoms with E-state index in [1.165, 1.54) is 19.5 Å². The van der Waals surface area contributed by atoms with Crippen LogP contribution >= 0.6 is 0 Å². The molecule has 2 aliphatic rings. The molecule has 1 amide bonds. The van der Waals surface area contributed by atoms with Crippen LogP contribution in [0.2, 0.25) is 0 Å². The third-order valence-electron chi connectivity index (χ3n) is 3.46. The fraction of sp³-hybridized carbons (Fsp3) is 0.900. The van der Waals surface area contributed by atoms with Gasteiger partial charge in [0.05, 0.1) is 6.54 Å². The first kappa shape index (κ1) is 9.93. The van der Waals surface area contributed by atoms with E-state index >= 15 is 0 Å². The highest BCUT2D eigenvalue weighted by atomic mass is 16.1. The molecular weight excluding hydrogens is 178 g/mol. The molecule has 2 unspecified atom stereocenters. The Kier molecular flexibility index (Phi) is 2.74. The van der Waals surface area contributed by atoms with Gasteiger partial charge >= 0.3 is 0 Å². The molecule has 4 heteroatoms. The third-order valence-corrected chi connectivity index (χ3v) is 3.46. The molecule has 0 spiro atoms. The van der Waals surface area contributed by atoms with Crippen molar-refractivity contribution in [1.29, 1.82) is 0 Å². The average Bonchev–Trinajstić information content (AvgIpc) is 2.44. The molecule has 2 fully saturated rings. The summed E-state index contributed by atoms with van der Waals surface area (Å²) in [6.45, 7) is 4.95. The van der Waals surface area contributed by atoms with Gasteiger partial charge in [-0.1, -0.05) is 0 Å². The molecule has 0 aliphatic carbocycles. The SMILES string of the molecule is CN1CCC2CN(CC(N)=O)CC2C1. The van der Waals surface area contributed by atoms with E-state index in [1.54, 1.807) is 0 Å². The number of carbonyl (C=O) groups is 1. The van der Waals surface area contributed by atoms with E-state index in [2.05, 4.69) is 16.8 Å². The normalized spacial score (nSPS) is 34.4. The van der Waals surface area contributed by atoms with Crippen molar-refractivity contribution in [3.8, 4) is 0 Å².